The van der Waals surface area contributed by atoms with Crippen molar-refractivity contribution >= 4 is 0 Å². The fourth-order valence-corrected chi connectivity index (χ4v) is 1.27. The molecule has 0 aliphatic carbocycles. The number of hydrogen-bond acceptors (Lipinski definition) is 3. The van der Waals surface area contributed by atoms with Crippen LogP contribution in [-0.2, 0) is 0 Å². The summed E-state index contributed by atoms with van der Waals surface area (Å²) in [5.74, 6) is 0. The van der Waals surface area contributed by atoms with E-state index in [0.717, 1.165) is 25.1 Å². The van der Waals surface area contributed by atoms with Gasteiger partial charge in [0.1, 0.15) is 0 Å². The third kappa shape index (κ3) is 3.11. The second kappa shape index (κ2) is 5.65. The molecule has 1 unspecified atom stereocenters. The minimum atomic E-state index is 0.355. The molecule has 0 aliphatic heterocycles. The Balaban J connectivity index is 2.56. The van der Waals surface area contributed by atoms with Crippen LogP contribution >= 0.6 is 0 Å². The summed E-state index contributed by atoms with van der Waals surface area (Å²) in [6.45, 7) is 5.35. The lowest BCUT2D eigenvalue weighted by Crippen LogP contribution is -2.22. The maximum absolute atomic E-state index is 4.28. The lowest BCUT2D eigenvalue weighted by molar-refractivity contribution is 0.505. The zero-order valence-electron chi connectivity index (χ0n) is 8.33. The maximum atomic E-state index is 4.28. The fraction of sp³-hybridized carbons (Fsp3) is 0.600. The van der Waals surface area contributed by atoms with E-state index in [-0.39, 0.29) is 0 Å². The second-order valence-corrected chi connectivity index (χ2v) is 3.05. The van der Waals surface area contributed by atoms with Gasteiger partial charge in [-0.3, -0.25) is 9.97 Å². The minimum absolute atomic E-state index is 0.355. The van der Waals surface area contributed by atoms with Crippen molar-refractivity contribution in [2.75, 3.05) is 6.54 Å². The summed E-state index contributed by atoms with van der Waals surface area (Å²) in [7, 11) is 0. The first-order valence-corrected chi connectivity index (χ1v) is 4.87. The van der Waals surface area contributed by atoms with Crippen molar-refractivity contribution in [3.8, 4) is 0 Å². The first-order chi connectivity index (χ1) is 6.38. The van der Waals surface area contributed by atoms with Crippen molar-refractivity contribution in [1.29, 1.82) is 0 Å². The van der Waals surface area contributed by atoms with Crippen molar-refractivity contribution < 1.29 is 0 Å². The average Bonchev–Trinajstić information content (AvgIpc) is 2.21. The zero-order chi connectivity index (χ0) is 9.52. The summed E-state index contributed by atoms with van der Waals surface area (Å²) < 4.78 is 0. The Morgan fingerprint density at radius 1 is 1.38 bits per heavy atom. The molecule has 13 heavy (non-hydrogen) atoms. The Kier molecular flexibility index (Phi) is 4.40. The lowest BCUT2D eigenvalue weighted by atomic mass is 10.1. The normalized spacial score (nSPS) is 12.8. The van der Waals surface area contributed by atoms with Crippen molar-refractivity contribution in [1.82, 2.24) is 15.3 Å². The van der Waals surface area contributed by atoms with E-state index in [1.165, 1.54) is 0 Å². The predicted octanol–water partition coefficient (Wildman–Crippen LogP) is 1.93. The molecule has 1 aromatic rings. The van der Waals surface area contributed by atoms with E-state index in [0.29, 0.717) is 6.04 Å². The van der Waals surface area contributed by atoms with Crippen LogP contribution in [-0.4, -0.2) is 16.5 Å². The molecule has 3 nitrogen and oxygen atoms in total. The molecule has 72 valence electrons. The minimum Gasteiger partial charge on any atom is -0.309 e. The van der Waals surface area contributed by atoms with Gasteiger partial charge in [-0.15, -0.1) is 0 Å². The van der Waals surface area contributed by atoms with Gasteiger partial charge in [0, 0.05) is 18.6 Å². The van der Waals surface area contributed by atoms with Gasteiger partial charge < -0.3 is 5.32 Å². The summed E-state index contributed by atoms with van der Waals surface area (Å²) >= 11 is 0. The van der Waals surface area contributed by atoms with Gasteiger partial charge in [0.2, 0.25) is 0 Å². The van der Waals surface area contributed by atoms with E-state index >= 15 is 0 Å². The highest BCUT2D eigenvalue weighted by Crippen LogP contribution is 2.11. The highest BCUT2D eigenvalue weighted by molar-refractivity contribution is 5.01. The third-order valence-electron chi connectivity index (χ3n) is 1.99. The number of nitrogens with zero attached hydrogens (tertiary/aromatic N) is 2. The molecule has 0 fully saturated rings. The van der Waals surface area contributed by atoms with Crippen LogP contribution in [0.25, 0.3) is 0 Å². The molecule has 1 aromatic heterocycles. The average molecular weight is 179 g/mol. The van der Waals surface area contributed by atoms with Crippen molar-refractivity contribution in [2.45, 2.75) is 32.7 Å². The van der Waals surface area contributed by atoms with E-state index in [9.17, 15) is 0 Å². The smallest absolute Gasteiger partial charge is 0.0755 e. The van der Waals surface area contributed by atoms with Crippen LogP contribution in [0.1, 0.15) is 38.4 Å². The SMILES string of the molecule is CCCNC(CC)c1cnccn1. The van der Waals surface area contributed by atoms with E-state index in [1.54, 1.807) is 12.4 Å². The lowest BCUT2D eigenvalue weighted by Gasteiger charge is -2.14. The molecule has 1 N–H and O–H groups in total. The molecule has 0 saturated heterocycles. The van der Waals surface area contributed by atoms with Crippen LogP contribution in [0, 0.1) is 0 Å². The molecule has 1 atom stereocenters. The quantitative estimate of drug-likeness (QED) is 0.750. The van der Waals surface area contributed by atoms with Crippen LogP contribution in [0.2, 0.25) is 0 Å². The monoisotopic (exact) mass is 179 g/mol. The van der Waals surface area contributed by atoms with Crippen LogP contribution in [0.4, 0.5) is 0 Å². The number of hydrogen-bond donors (Lipinski definition) is 1. The summed E-state index contributed by atoms with van der Waals surface area (Å²) in [4.78, 5) is 8.34. The maximum Gasteiger partial charge on any atom is 0.0755 e. The van der Waals surface area contributed by atoms with Gasteiger partial charge in [-0.1, -0.05) is 13.8 Å². The molecular formula is C10H17N3. The van der Waals surface area contributed by atoms with Gasteiger partial charge in [-0.05, 0) is 19.4 Å². The molecule has 0 radical (unpaired) electrons. The Labute approximate surface area is 79.6 Å². The Hall–Kier alpha value is -0.960. The molecule has 0 aliphatic rings. The molecule has 0 aromatic carbocycles. The summed E-state index contributed by atoms with van der Waals surface area (Å²) in [6, 6.07) is 0.355. The Bertz CT molecular complexity index is 223. The molecule has 0 amide bonds. The van der Waals surface area contributed by atoms with Gasteiger partial charge in [-0.2, -0.15) is 0 Å². The molecule has 1 heterocycles. The molecule has 0 saturated carbocycles. The largest absolute Gasteiger partial charge is 0.309 e. The summed E-state index contributed by atoms with van der Waals surface area (Å²) in [5.41, 5.74) is 1.04. The van der Waals surface area contributed by atoms with Crippen molar-refractivity contribution in [2.24, 2.45) is 0 Å². The molecule has 0 spiro atoms. The topological polar surface area (TPSA) is 37.8 Å². The third-order valence-corrected chi connectivity index (χ3v) is 1.99. The standard InChI is InChI=1S/C10H17N3/c1-3-5-12-9(4-2)10-8-11-6-7-13-10/h6-9,12H,3-5H2,1-2H3. The number of nitrogens with one attached hydrogen (secondary N) is 1. The molecule has 1 rings (SSSR count). The summed E-state index contributed by atoms with van der Waals surface area (Å²) in [5, 5.41) is 3.43. The van der Waals surface area contributed by atoms with Crippen LogP contribution in [0.5, 0.6) is 0 Å². The Morgan fingerprint density at radius 2 is 2.23 bits per heavy atom. The van der Waals surface area contributed by atoms with E-state index in [2.05, 4.69) is 29.1 Å². The van der Waals surface area contributed by atoms with E-state index in [1.807, 2.05) is 6.20 Å². The van der Waals surface area contributed by atoms with Gasteiger partial charge in [0.05, 0.1) is 11.7 Å². The van der Waals surface area contributed by atoms with Crippen LogP contribution in [0.3, 0.4) is 0 Å². The van der Waals surface area contributed by atoms with E-state index < -0.39 is 0 Å². The highest BCUT2D eigenvalue weighted by Gasteiger charge is 2.08. The fourth-order valence-electron chi connectivity index (χ4n) is 1.27. The highest BCUT2D eigenvalue weighted by atomic mass is 14.9. The predicted molar refractivity (Wildman–Crippen MR) is 53.4 cm³/mol. The van der Waals surface area contributed by atoms with Crippen LogP contribution in [0.15, 0.2) is 18.6 Å². The second-order valence-electron chi connectivity index (χ2n) is 3.05. The Morgan fingerprint density at radius 3 is 2.77 bits per heavy atom. The first-order valence-electron chi connectivity index (χ1n) is 4.87. The van der Waals surface area contributed by atoms with Crippen molar-refractivity contribution in [3.05, 3.63) is 24.3 Å². The number of aromatic nitrogens is 2. The summed E-state index contributed by atoms with van der Waals surface area (Å²) in [6.07, 6.45) is 7.48. The van der Waals surface area contributed by atoms with Gasteiger partial charge in [0.15, 0.2) is 0 Å². The van der Waals surface area contributed by atoms with Gasteiger partial charge in [-0.25, -0.2) is 0 Å². The van der Waals surface area contributed by atoms with Gasteiger partial charge in [0.25, 0.3) is 0 Å². The zero-order valence-corrected chi connectivity index (χ0v) is 8.33. The first kappa shape index (κ1) is 10.1. The van der Waals surface area contributed by atoms with Crippen molar-refractivity contribution in [3.63, 3.8) is 0 Å². The van der Waals surface area contributed by atoms with E-state index in [4.69, 9.17) is 0 Å². The van der Waals surface area contributed by atoms with Gasteiger partial charge >= 0.3 is 0 Å². The molecular weight excluding hydrogens is 162 g/mol. The molecule has 3 heteroatoms. The molecule has 0 bridgehead atoms. The van der Waals surface area contributed by atoms with Crippen LogP contribution < -0.4 is 5.32 Å². The number of rotatable bonds is 5.